The maximum absolute atomic E-state index is 10.9. The van der Waals surface area contributed by atoms with Crippen LogP contribution in [0.1, 0.15) is 15.9 Å². The fourth-order valence-electron chi connectivity index (χ4n) is 1.74. The van der Waals surface area contributed by atoms with Crippen molar-refractivity contribution in [2.24, 2.45) is 0 Å². The average Bonchev–Trinajstić information content (AvgIpc) is 2.37. The molecule has 0 saturated carbocycles. The molecule has 0 unspecified atom stereocenters. The molecule has 0 aliphatic heterocycles. The predicted octanol–water partition coefficient (Wildman–Crippen LogP) is 2.24. The molecule has 0 atom stereocenters. The summed E-state index contributed by atoms with van der Waals surface area (Å²) in [6.07, 6.45) is 0.586. The zero-order valence-electron chi connectivity index (χ0n) is 9.10. The van der Waals surface area contributed by atoms with Crippen LogP contribution in [0.25, 0.3) is 10.8 Å². The third kappa shape index (κ3) is 1.68. The first-order valence-corrected chi connectivity index (χ1v) is 4.90. The van der Waals surface area contributed by atoms with Crippen molar-refractivity contribution >= 4 is 17.1 Å². The Morgan fingerprint density at radius 1 is 1.41 bits per heavy atom. The summed E-state index contributed by atoms with van der Waals surface area (Å²) < 4.78 is 5.06. The summed E-state index contributed by atoms with van der Waals surface area (Å²) in [5, 5.41) is 19.8. The van der Waals surface area contributed by atoms with Gasteiger partial charge >= 0.3 is 0 Å². The third-order valence-corrected chi connectivity index (χ3v) is 2.60. The Morgan fingerprint density at radius 2 is 2.18 bits per heavy atom. The number of aromatic hydroxyl groups is 1. The highest BCUT2D eigenvalue weighted by Crippen LogP contribution is 2.31. The van der Waals surface area contributed by atoms with Gasteiger partial charge in [0.1, 0.15) is 17.6 Å². The van der Waals surface area contributed by atoms with Crippen LogP contribution in [0.15, 0.2) is 24.3 Å². The van der Waals surface area contributed by atoms with Crippen LogP contribution in [-0.2, 0) is 0 Å². The van der Waals surface area contributed by atoms with Crippen molar-refractivity contribution in [2.45, 2.75) is 0 Å². The molecule has 0 heterocycles. The van der Waals surface area contributed by atoms with Crippen molar-refractivity contribution in [3.05, 3.63) is 35.4 Å². The molecule has 84 valence electrons. The minimum absolute atomic E-state index is 0.0840. The summed E-state index contributed by atoms with van der Waals surface area (Å²) >= 11 is 0. The average molecular weight is 227 g/mol. The number of fused-ring (bicyclic) bond motifs is 1. The van der Waals surface area contributed by atoms with Crippen molar-refractivity contribution in [1.29, 1.82) is 5.26 Å². The first-order valence-electron chi connectivity index (χ1n) is 4.90. The summed E-state index contributed by atoms with van der Waals surface area (Å²) in [5.74, 6) is 0.299. The van der Waals surface area contributed by atoms with Crippen molar-refractivity contribution in [3.8, 4) is 17.6 Å². The Labute approximate surface area is 97.7 Å². The van der Waals surface area contributed by atoms with E-state index in [1.807, 2.05) is 6.07 Å². The molecule has 1 N–H and O–H groups in total. The highest BCUT2D eigenvalue weighted by atomic mass is 16.5. The topological polar surface area (TPSA) is 70.3 Å². The molecular weight excluding hydrogens is 218 g/mol. The molecule has 2 aromatic carbocycles. The van der Waals surface area contributed by atoms with Gasteiger partial charge in [-0.1, -0.05) is 6.07 Å². The summed E-state index contributed by atoms with van der Waals surface area (Å²) in [5.41, 5.74) is 0.591. The van der Waals surface area contributed by atoms with Gasteiger partial charge in [0.05, 0.1) is 18.2 Å². The number of nitriles is 1. The zero-order chi connectivity index (χ0) is 12.4. The molecule has 0 aliphatic rings. The largest absolute Gasteiger partial charge is 0.507 e. The number of methoxy groups -OCH3 is 1. The Balaban J connectivity index is 2.88. The monoisotopic (exact) mass is 227 g/mol. The smallest absolute Gasteiger partial charge is 0.154 e. The number of carbonyl (C=O) groups excluding carboxylic acids is 1. The van der Waals surface area contributed by atoms with E-state index in [9.17, 15) is 9.90 Å². The molecule has 4 nitrogen and oxygen atoms in total. The van der Waals surface area contributed by atoms with Crippen LogP contribution in [0.5, 0.6) is 11.5 Å². The van der Waals surface area contributed by atoms with Gasteiger partial charge in [0.15, 0.2) is 6.29 Å². The number of phenols is 1. The summed E-state index contributed by atoms with van der Waals surface area (Å²) in [7, 11) is 1.45. The fourth-order valence-corrected chi connectivity index (χ4v) is 1.74. The van der Waals surface area contributed by atoms with Crippen molar-refractivity contribution in [2.75, 3.05) is 7.11 Å². The van der Waals surface area contributed by atoms with E-state index in [0.717, 1.165) is 0 Å². The number of aldehydes is 1. The molecule has 0 spiro atoms. The van der Waals surface area contributed by atoms with Crippen LogP contribution >= 0.6 is 0 Å². The van der Waals surface area contributed by atoms with Crippen LogP contribution in [0.4, 0.5) is 0 Å². The SMILES string of the molecule is COc1cc2c(C=O)c(O)ccc2cc1C#N. The first-order chi connectivity index (χ1) is 8.21. The van der Waals surface area contributed by atoms with Gasteiger partial charge in [0.2, 0.25) is 0 Å². The normalized spacial score (nSPS) is 9.88. The molecule has 4 heteroatoms. The molecule has 0 saturated heterocycles. The lowest BCUT2D eigenvalue weighted by atomic mass is 10.0. The summed E-state index contributed by atoms with van der Waals surface area (Å²) in [4.78, 5) is 10.9. The van der Waals surface area contributed by atoms with Crippen LogP contribution in [0, 0.1) is 11.3 Å². The van der Waals surface area contributed by atoms with E-state index in [-0.39, 0.29) is 11.3 Å². The molecule has 0 amide bonds. The number of hydrogen-bond acceptors (Lipinski definition) is 4. The van der Waals surface area contributed by atoms with Crippen molar-refractivity contribution < 1.29 is 14.6 Å². The van der Waals surface area contributed by atoms with Crippen molar-refractivity contribution in [1.82, 2.24) is 0 Å². The third-order valence-electron chi connectivity index (χ3n) is 2.60. The quantitative estimate of drug-likeness (QED) is 0.798. The molecule has 17 heavy (non-hydrogen) atoms. The maximum Gasteiger partial charge on any atom is 0.154 e. The molecule has 0 aromatic heterocycles. The molecule has 0 fully saturated rings. The fraction of sp³-hybridized carbons (Fsp3) is 0.0769. The number of benzene rings is 2. The Bertz CT molecular complexity index is 641. The minimum Gasteiger partial charge on any atom is -0.507 e. The van der Waals surface area contributed by atoms with Crippen molar-refractivity contribution in [3.63, 3.8) is 0 Å². The van der Waals surface area contributed by atoms with E-state index in [1.165, 1.54) is 13.2 Å². The highest BCUT2D eigenvalue weighted by molar-refractivity contribution is 6.01. The van der Waals surface area contributed by atoms with Crippen LogP contribution in [0.2, 0.25) is 0 Å². The lowest BCUT2D eigenvalue weighted by Crippen LogP contribution is -1.91. The Hall–Kier alpha value is -2.54. The van der Waals surface area contributed by atoms with Crippen LogP contribution < -0.4 is 4.74 Å². The van der Waals surface area contributed by atoms with E-state index in [2.05, 4.69) is 0 Å². The first kappa shape index (κ1) is 11.0. The van der Waals surface area contributed by atoms with E-state index >= 15 is 0 Å². The maximum atomic E-state index is 10.9. The van der Waals surface area contributed by atoms with Gasteiger partial charge in [0.25, 0.3) is 0 Å². The van der Waals surface area contributed by atoms with Gasteiger partial charge in [-0.2, -0.15) is 5.26 Å². The second-order valence-electron chi connectivity index (χ2n) is 3.50. The van der Waals surface area contributed by atoms with E-state index in [4.69, 9.17) is 10.00 Å². The molecular formula is C13H9NO3. The van der Waals surface area contributed by atoms with E-state index in [0.29, 0.717) is 28.4 Å². The number of carbonyl (C=O) groups is 1. The number of hydrogen-bond donors (Lipinski definition) is 1. The summed E-state index contributed by atoms with van der Waals surface area (Å²) in [6, 6.07) is 8.30. The molecule has 0 radical (unpaired) electrons. The second kappa shape index (κ2) is 4.14. The second-order valence-corrected chi connectivity index (χ2v) is 3.50. The lowest BCUT2D eigenvalue weighted by Gasteiger charge is -2.07. The van der Waals surface area contributed by atoms with Gasteiger partial charge < -0.3 is 9.84 Å². The van der Waals surface area contributed by atoms with E-state index < -0.39 is 0 Å². The zero-order valence-corrected chi connectivity index (χ0v) is 9.10. The predicted molar refractivity (Wildman–Crippen MR) is 62.3 cm³/mol. The molecule has 0 aliphatic carbocycles. The van der Waals surface area contributed by atoms with Crippen LogP contribution in [-0.4, -0.2) is 18.5 Å². The van der Waals surface area contributed by atoms with Gasteiger partial charge in [-0.05, 0) is 29.0 Å². The van der Waals surface area contributed by atoms with E-state index in [1.54, 1.807) is 18.2 Å². The molecule has 2 rings (SSSR count). The number of ether oxygens (including phenoxy) is 1. The van der Waals surface area contributed by atoms with Gasteiger partial charge in [0, 0.05) is 0 Å². The summed E-state index contributed by atoms with van der Waals surface area (Å²) in [6.45, 7) is 0. The molecule has 0 bridgehead atoms. The van der Waals surface area contributed by atoms with Crippen LogP contribution in [0.3, 0.4) is 0 Å². The Kier molecular flexibility index (Phi) is 2.67. The Morgan fingerprint density at radius 3 is 2.76 bits per heavy atom. The minimum atomic E-state index is -0.0840. The van der Waals surface area contributed by atoms with Gasteiger partial charge in [-0.25, -0.2) is 0 Å². The highest BCUT2D eigenvalue weighted by Gasteiger charge is 2.10. The number of nitrogens with zero attached hydrogens (tertiary/aromatic N) is 1. The number of rotatable bonds is 2. The molecule has 2 aromatic rings. The van der Waals surface area contributed by atoms with Gasteiger partial charge in [-0.3, -0.25) is 4.79 Å². The number of phenolic OH excluding ortho intramolecular Hbond substituents is 1. The standard InChI is InChI=1S/C13H9NO3/c1-17-13-5-10-8(4-9(13)6-14)2-3-12(16)11(10)7-15/h2-5,7,16H,1H3. The lowest BCUT2D eigenvalue weighted by molar-refractivity contribution is 0.112. The van der Waals surface area contributed by atoms with Gasteiger partial charge in [-0.15, -0.1) is 0 Å².